The Bertz CT molecular complexity index is 338. The number of aromatic carboxylic acids is 1. The molecule has 0 aliphatic carbocycles. The molecule has 0 radical (unpaired) electrons. The van der Waals surface area contributed by atoms with E-state index in [0.717, 1.165) is 19.6 Å². The fraction of sp³-hybridized carbons (Fsp3) is 0.300. The largest absolute Gasteiger partial charge is 0.478 e. The Balaban J connectivity index is 0.000000212. The smallest absolute Gasteiger partial charge is 0.339 e. The van der Waals surface area contributed by atoms with Crippen molar-refractivity contribution >= 4 is 23.3 Å². The maximum absolute atomic E-state index is 10.5. The molecule has 1 aromatic rings. The van der Waals surface area contributed by atoms with Crippen molar-refractivity contribution in [1.82, 2.24) is 0 Å². The molecular formula is C10H12ClNO4. The first-order valence-electron chi connectivity index (χ1n) is 4.64. The molecule has 2 rings (SSSR count). The van der Waals surface area contributed by atoms with Gasteiger partial charge in [0.25, 0.3) is 0 Å². The predicted molar refractivity (Wildman–Crippen MR) is 59.3 cm³/mol. The molecule has 0 bridgehead atoms. The fourth-order valence-corrected chi connectivity index (χ4v) is 1.32. The van der Waals surface area contributed by atoms with E-state index in [1.807, 2.05) is 0 Å². The Hall–Kier alpha value is -1.30. The molecule has 0 atom stereocenters. The molecule has 1 aromatic carbocycles. The van der Waals surface area contributed by atoms with Crippen LogP contribution in [-0.4, -0.2) is 24.3 Å². The maximum Gasteiger partial charge on any atom is 0.339 e. The third kappa shape index (κ3) is 3.69. The maximum atomic E-state index is 10.5. The van der Waals surface area contributed by atoms with Gasteiger partial charge in [-0.2, -0.15) is 0 Å². The number of hydrogen-bond acceptors (Lipinski definition) is 4. The number of carboxylic acid groups (broad SMARTS) is 1. The molecule has 0 aromatic heterocycles. The van der Waals surface area contributed by atoms with E-state index in [9.17, 15) is 4.79 Å². The van der Waals surface area contributed by atoms with Gasteiger partial charge >= 0.3 is 5.97 Å². The highest BCUT2D eigenvalue weighted by molar-refractivity contribution is 6.34. The third-order valence-electron chi connectivity index (χ3n) is 1.80. The molecule has 1 aliphatic heterocycles. The van der Waals surface area contributed by atoms with E-state index in [1.54, 1.807) is 6.07 Å². The normalized spacial score (nSPS) is 14.1. The van der Waals surface area contributed by atoms with Crippen LogP contribution >= 0.6 is 11.6 Å². The van der Waals surface area contributed by atoms with Gasteiger partial charge in [0.05, 0.1) is 18.2 Å². The van der Waals surface area contributed by atoms with E-state index in [4.69, 9.17) is 22.4 Å². The summed E-state index contributed by atoms with van der Waals surface area (Å²) in [4.78, 5) is 19.4. The number of nitrogen functional groups attached to an aromatic ring is 1. The number of nitrogens with two attached hydrogens (primary N) is 1. The van der Waals surface area contributed by atoms with Crippen LogP contribution in [0.1, 0.15) is 16.8 Å². The molecule has 1 aliphatic rings. The van der Waals surface area contributed by atoms with Crippen LogP contribution in [0.4, 0.5) is 5.69 Å². The van der Waals surface area contributed by atoms with E-state index < -0.39 is 5.97 Å². The first-order chi connectivity index (χ1) is 7.63. The van der Waals surface area contributed by atoms with Crippen molar-refractivity contribution in [3.8, 4) is 0 Å². The molecule has 16 heavy (non-hydrogen) atoms. The molecule has 1 heterocycles. The lowest BCUT2D eigenvalue weighted by atomic mass is 10.2. The van der Waals surface area contributed by atoms with Gasteiger partial charge in [0.1, 0.15) is 5.56 Å². The lowest BCUT2D eigenvalue weighted by Crippen LogP contribution is -2.02. The monoisotopic (exact) mass is 245 g/mol. The standard InChI is InChI=1S/C7H6ClNO2.C3H6O2/c8-4-2-1-3-5(9)6(4)7(10)11;1-2-4-5-3-1/h1-3H,9H2,(H,10,11);1-3H2. The SMILES string of the molecule is C1COOC1.Nc1cccc(Cl)c1C(=O)O. The van der Waals surface area contributed by atoms with Crippen molar-refractivity contribution in [3.63, 3.8) is 0 Å². The van der Waals surface area contributed by atoms with Crippen molar-refractivity contribution in [2.75, 3.05) is 18.9 Å². The van der Waals surface area contributed by atoms with Gasteiger partial charge in [0.15, 0.2) is 0 Å². The van der Waals surface area contributed by atoms with Gasteiger partial charge in [-0.1, -0.05) is 17.7 Å². The summed E-state index contributed by atoms with van der Waals surface area (Å²) in [6, 6.07) is 4.58. The number of anilines is 1. The Labute approximate surface area is 97.6 Å². The molecule has 5 nitrogen and oxygen atoms in total. The Morgan fingerprint density at radius 3 is 2.31 bits per heavy atom. The average Bonchev–Trinajstić information content (AvgIpc) is 2.74. The summed E-state index contributed by atoms with van der Waals surface area (Å²) >= 11 is 5.56. The second kappa shape index (κ2) is 6.32. The molecule has 1 fully saturated rings. The lowest BCUT2D eigenvalue weighted by molar-refractivity contribution is -0.248. The minimum absolute atomic E-state index is 0.0332. The number of benzene rings is 1. The van der Waals surface area contributed by atoms with Crippen LogP contribution in [0.15, 0.2) is 18.2 Å². The number of carboxylic acids is 1. The lowest BCUT2D eigenvalue weighted by Gasteiger charge is -2.00. The number of carbonyl (C=O) groups is 1. The Morgan fingerprint density at radius 1 is 1.38 bits per heavy atom. The molecule has 0 unspecified atom stereocenters. The zero-order valence-electron chi connectivity index (χ0n) is 8.48. The van der Waals surface area contributed by atoms with Crippen molar-refractivity contribution in [2.24, 2.45) is 0 Å². The highest BCUT2D eigenvalue weighted by Gasteiger charge is 2.10. The van der Waals surface area contributed by atoms with Crippen LogP contribution < -0.4 is 5.73 Å². The van der Waals surface area contributed by atoms with Crippen molar-refractivity contribution < 1.29 is 19.7 Å². The summed E-state index contributed by atoms with van der Waals surface area (Å²) in [7, 11) is 0. The summed E-state index contributed by atoms with van der Waals surface area (Å²) in [5.41, 5.74) is 5.51. The summed E-state index contributed by atoms with van der Waals surface area (Å²) in [5.74, 6) is -1.10. The summed E-state index contributed by atoms with van der Waals surface area (Å²) in [6.45, 7) is 1.56. The molecule has 1 saturated heterocycles. The van der Waals surface area contributed by atoms with Gasteiger partial charge in [-0.05, 0) is 12.1 Å². The van der Waals surface area contributed by atoms with Gasteiger partial charge in [0, 0.05) is 12.1 Å². The van der Waals surface area contributed by atoms with Crippen molar-refractivity contribution in [1.29, 1.82) is 0 Å². The summed E-state index contributed by atoms with van der Waals surface area (Å²) in [6.07, 6.45) is 1.06. The summed E-state index contributed by atoms with van der Waals surface area (Å²) in [5, 5.41) is 8.75. The third-order valence-corrected chi connectivity index (χ3v) is 2.11. The predicted octanol–water partition coefficient (Wildman–Crippen LogP) is 1.96. The van der Waals surface area contributed by atoms with Crippen LogP contribution in [0, 0.1) is 0 Å². The van der Waals surface area contributed by atoms with Crippen molar-refractivity contribution in [2.45, 2.75) is 6.42 Å². The van der Waals surface area contributed by atoms with Crippen LogP contribution in [0.25, 0.3) is 0 Å². The second-order valence-electron chi connectivity index (χ2n) is 3.01. The van der Waals surface area contributed by atoms with Gasteiger partial charge in [-0.3, -0.25) is 0 Å². The summed E-state index contributed by atoms with van der Waals surface area (Å²) < 4.78 is 0. The number of rotatable bonds is 1. The topological polar surface area (TPSA) is 81.8 Å². The second-order valence-corrected chi connectivity index (χ2v) is 3.41. The van der Waals surface area contributed by atoms with E-state index in [1.165, 1.54) is 12.1 Å². The quantitative estimate of drug-likeness (QED) is 0.584. The molecule has 0 saturated carbocycles. The molecule has 3 N–H and O–H groups in total. The van der Waals surface area contributed by atoms with Gasteiger partial charge < -0.3 is 10.8 Å². The molecule has 6 heteroatoms. The van der Waals surface area contributed by atoms with Gasteiger partial charge in [0.2, 0.25) is 0 Å². The minimum Gasteiger partial charge on any atom is -0.478 e. The minimum atomic E-state index is -1.10. The highest BCUT2D eigenvalue weighted by Crippen LogP contribution is 2.21. The molecule has 0 amide bonds. The van der Waals surface area contributed by atoms with Crippen molar-refractivity contribution in [3.05, 3.63) is 28.8 Å². The van der Waals surface area contributed by atoms with Crippen LogP contribution in [0.3, 0.4) is 0 Å². The van der Waals surface area contributed by atoms with Gasteiger partial charge in [-0.15, -0.1) is 0 Å². The molecule has 0 spiro atoms. The zero-order chi connectivity index (χ0) is 12.0. The Morgan fingerprint density at radius 2 is 2.00 bits per heavy atom. The van der Waals surface area contributed by atoms with E-state index >= 15 is 0 Å². The highest BCUT2D eigenvalue weighted by atomic mass is 35.5. The fourth-order valence-electron chi connectivity index (χ4n) is 1.06. The molecule has 88 valence electrons. The van der Waals surface area contributed by atoms with Crippen LogP contribution in [0.2, 0.25) is 5.02 Å². The number of hydrogen-bond donors (Lipinski definition) is 2. The first kappa shape index (κ1) is 12.8. The van der Waals surface area contributed by atoms with E-state index in [0.29, 0.717) is 0 Å². The Kier molecular flexibility index (Phi) is 5.04. The van der Waals surface area contributed by atoms with Crippen LogP contribution in [-0.2, 0) is 9.78 Å². The van der Waals surface area contributed by atoms with Crippen LogP contribution in [0.5, 0.6) is 0 Å². The van der Waals surface area contributed by atoms with Gasteiger partial charge in [-0.25, -0.2) is 14.6 Å². The average molecular weight is 246 g/mol. The zero-order valence-corrected chi connectivity index (χ0v) is 9.24. The number of halogens is 1. The molecular weight excluding hydrogens is 234 g/mol. The van der Waals surface area contributed by atoms with E-state index in [2.05, 4.69) is 9.78 Å². The first-order valence-corrected chi connectivity index (χ1v) is 5.02. The van der Waals surface area contributed by atoms with E-state index in [-0.39, 0.29) is 16.3 Å².